The van der Waals surface area contributed by atoms with E-state index in [4.69, 9.17) is 45.9 Å². The summed E-state index contributed by atoms with van der Waals surface area (Å²) in [6.07, 6.45) is 0.0743. The number of carboxylic acid groups (broad SMARTS) is 1. The average Bonchev–Trinajstić information content (AvgIpc) is 3.10. The van der Waals surface area contributed by atoms with Crippen molar-refractivity contribution in [2.24, 2.45) is 55.9 Å². The van der Waals surface area contributed by atoms with E-state index in [1.807, 2.05) is 0 Å². The molecule has 0 aromatic carbocycles. The van der Waals surface area contributed by atoms with Crippen LogP contribution in [0.25, 0.3) is 0 Å². The monoisotopic (exact) mass is 803 g/mol. The Bertz CT molecular complexity index is 1380. The van der Waals surface area contributed by atoms with Crippen molar-refractivity contribution in [2.45, 2.75) is 100 Å². The van der Waals surface area contributed by atoms with Gasteiger partial charge in [0.25, 0.3) is 0 Å². The van der Waals surface area contributed by atoms with Crippen LogP contribution in [0.1, 0.15) is 64.2 Å². The average molecular weight is 804 g/mol. The molecule has 0 fully saturated rings. The number of carbonyl (C=O) groups is 8. The molecule has 0 bridgehead atoms. The number of rotatable bonds is 29. The van der Waals surface area contributed by atoms with E-state index in [1.54, 1.807) is 0 Å². The number of aliphatic imine (C=N–C) groups is 2. The summed E-state index contributed by atoms with van der Waals surface area (Å²) in [5.41, 5.74) is 43.2. The van der Waals surface area contributed by atoms with Crippen molar-refractivity contribution in [2.75, 3.05) is 25.4 Å². The van der Waals surface area contributed by atoms with E-state index in [0.717, 1.165) is 0 Å². The summed E-state index contributed by atoms with van der Waals surface area (Å²) in [6.45, 7) is 0.402. The van der Waals surface area contributed by atoms with Crippen LogP contribution in [-0.4, -0.2) is 126 Å². The normalized spacial score (nSPS) is 13.9. The fourth-order valence-corrected chi connectivity index (χ4v) is 4.96. The number of nitrogens with one attached hydrogen (secondary N) is 5. The molecule has 0 unspecified atom stereocenters. The summed E-state index contributed by atoms with van der Waals surface area (Å²) in [7, 11) is 0. The summed E-state index contributed by atoms with van der Waals surface area (Å²) in [4.78, 5) is 108. The molecular weight excluding hydrogens is 746 g/mol. The number of hydrogen-bond acceptors (Lipinski definition) is 13. The minimum atomic E-state index is -1.67. The summed E-state index contributed by atoms with van der Waals surface area (Å²) in [6, 6.07) is -8.19. The van der Waals surface area contributed by atoms with Gasteiger partial charge in [0.15, 0.2) is 11.9 Å². The Kier molecular flexibility index (Phi) is 24.5. The highest BCUT2D eigenvalue weighted by Gasteiger charge is 2.32. The number of aliphatic carboxylic acids is 1. The smallest absolute Gasteiger partial charge is 0.326 e. The van der Waals surface area contributed by atoms with Gasteiger partial charge in [-0.05, 0) is 57.9 Å². The van der Waals surface area contributed by atoms with Gasteiger partial charge in [-0.1, -0.05) is 0 Å². The largest absolute Gasteiger partial charge is 0.480 e. The first kappa shape index (κ1) is 49.6. The molecule has 0 saturated carbocycles. The Balaban J connectivity index is 6.23. The maximum atomic E-state index is 13.6. The van der Waals surface area contributed by atoms with Crippen molar-refractivity contribution in [3.63, 3.8) is 0 Å². The molecule has 312 valence electrons. The number of amides is 7. The Labute approximate surface area is 323 Å². The Hall–Kier alpha value is -5.43. The quantitative estimate of drug-likeness (QED) is 0.0145. The van der Waals surface area contributed by atoms with Crippen LogP contribution in [0.2, 0.25) is 0 Å². The predicted octanol–water partition coefficient (Wildman–Crippen LogP) is -6.87. The zero-order valence-corrected chi connectivity index (χ0v) is 31.4. The molecule has 0 saturated heterocycles. The minimum Gasteiger partial charge on any atom is -0.480 e. The van der Waals surface area contributed by atoms with E-state index in [9.17, 15) is 43.5 Å². The number of hydrogen-bond donors (Lipinski definition) is 15. The lowest BCUT2D eigenvalue weighted by Crippen LogP contribution is -2.59. The lowest BCUT2D eigenvalue weighted by atomic mass is 10.1. The van der Waals surface area contributed by atoms with Crippen LogP contribution in [-0.2, 0) is 38.4 Å². The van der Waals surface area contributed by atoms with Crippen LogP contribution in [0.3, 0.4) is 0 Å². The molecule has 24 nitrogen and oxygen atoms in total. The molecule has 0 aromatic rings. The van der Waals surface area contributed by atoms with Crippen LogP contribution in [0.4, 0.5) is 0 Å². The van der Waals surface area contributed by atoms with Gasteiger partial charge in [-0.3, -0.25) is 43.5 Å². The van der Waals surface area contributed by atoms with Crippen LogP contribution in [0, 0.1) is 0 Å². The highest BCUT2D eigenvalue weighted by atomic mass is 32.1. The first-order valence-electron chi connectivity index (χ1n) is 17.3. The van der Waals surface area contributed by atoms with Crippen molar-refractivity contribution in [3.8, 4) is 0 Å². The SMILES string of the molecule is NCCCC[C@H](NC(=O)[C@H](CS)NC(=O)[C@H](CCCN=C(N)N)NC(=O)[C@H](CCCN=C(N)N)NC(=O)[C@@H](N)CCC(N)=O)C(=O)N[C@@H](CC(N)=O)C(=O)O. The lowest BCUT2D eigenvalue weighted by molar-refractivity contribution is -0.143. The molecule has 0 aliphatic rings. The van der Waals surface area contributed by atoms with E-state index in [2.05, 4.69) is 49.2 Å². The molecule has 7 amide bonds. The fourth-order valence-electron chi connectivity index (χ4n) is 4.70. The van der Waals surface area contributed by atoms with E-state index >= 15 is 0 Å². The van der Waals surface area contributed by atoms with Crippen molar-refractivity contribution >= 4 is 71.9 Å². The van der Waals surface area contributed by atoms with Crippen LogP contribution in [0.15, 0.2) is 9.98 Å². The molecular formula is C30H57N15O9S. The van der Waals surface area contributed by atoms with Gasteiger partial charge in [-0.25, -0.2) is 4.79 Å². The fraction of sp³-hybridized carbons (Fsp3) is 0.667. The zero-order chi connectivity index (χ0) is 42.1. The van der Waals surface area contributed by atoms with Crippen LogP contribution >= 0.6 is 12.6 Å². The van der Waals surface area contributed by atoms with E-state index in [1.165, 1.54) is 0 Å². The molecule has 0 aliphatic carbocycles. The highest BCUT2D eigenvalue weighted by Crippen LogP contribution is 2.08. The van der Waals surface area contributed by atoms with Gasteiger partial charge in [0, 0.05) is 25.3 Å². The summed E-state index contributed by atoms with van der Waals surface area (Å²) < 4.78 is 0. The minimum absolute atomic E-state index is 0.0108. The first-order valence-corrected chi connectivity index (χ1v) is 17.9. The standard InChI is InChI=1S/C30H57N15O9S/c31-10-2-1-5-16(25(50)44-19(28(53)54)13-22(34)47)43-27(52)20(14-55)45-26(51)18(7-4-12-40-30(37)38)42-24(49)17(6-3-11-39-29(35)36)41-23(48)15(32)8-9-21(33)46/h15-20,55H,1-14,31-32H2,(H2,33,46)(H2,34,47)(H,41,48)(H,42,49)(H,43,52)(H,44,50)(H,45,51)(H,53,54)(H4,35,36,39)(H4,37,38,40)/t15-,16-,17-,18-,19-,20-/m0/s1. The van der Waals surface area contributed by atoms with E-state index < -0.39 is 90.0 Å². The highest BCUT2D eigenvalue weighted by molar-refractivity contribution is 7.80. The molecule has 25 heteroatoms. The third-order valence-corrected chi connectivity index (χ3v) is 7.98. The first-order chi connectivity index (χ1) is 25.8. The number of unbranched alkanes of at least 4 members (excludes halogenated alkanes) is 1. The Morgan fingerprint density at radius 3 is 1.33 bits per heavy atom. The third-order valence-electron chi connectivity index (χ3n) is 7.61. The number of guanidine groups is 2. The van der Waals surface area contributed by atoms with Crippen molar-refractivity contribution in [3.05, 3.63) is 0 Å². The van der Waals surface area contributed by atoms with Gasteiger partial charge in [0.1, 0.15) is 30.2 Å². The van der Waals surface area contributed by atoms with Gasteiger partial charge in [0.05, 0.1) is 12.5 Å². The van der Waals surface area contributed by atoms with Gasteiger partial charge in [-0.2, -0.15) is 12.6 Å². The Morgan fingerprint density at radius 1 is 0.545 bits per heavy atom. The molecule has 0 heterocycles. The van der Waals surface area contributed by atoms with E-state index in [-0.39, 0.29) is 82.3 Å². The molecule has 0 rings (SSSR count). The van der Waals surface area contributed by atoms with Gasteiger partial charge >= 0.3 is 5.97 Å². The topological polar surface area (TPSA) is 450 Å². The second-order valence-corrected chi connectivity index (χ2v) is 12.7. The summed E-state index contributed by atoms with van der Waals surface area (Å²) in [5.74, 6) is -8.22. The number of thiol groups is 1. The van der Waals surface area contributed by atoms with Crippen LogP contribution in [0.5, 0.6) is 0 Å². The van der Waals surface area contributed by atoms with Gasteiger partial charge < -0.3 is 77.6 Å². The summed E-state index contributed by atoms with van der Waals surface area (Å²) >= 11 is 4.17. The van der Waals surface area contributed by atoms with Gasteiger partial charge in [-0.15, -0.1) is 0 Å². The number of carboxylic acids is 1. The van der Waals surface area contributed by atoms with E-state index in [0.29, 0.717) is 12.8 Å². The lowest BCUT2D eigenvalue weighted by Gasteiger charge is -2.26. The number of nitrogens with zero attached hydrogens (tertiary/aromatic N) is 2. The molecule has 0 radical (unpaired) electrons. The number of primary amides is 2. The number of carbonyl (C=O) groups excluding carboxylic acids is 7. The predicted molar refractivity (Wildman–Crippen MR) is 204 cm³/mol. The third kappa shape index (κ3) is 22.4. The van der Waals surface area contributed by atoms with Crippen molar-refractivity contribution in [1.29, 1.82) is 0 Å². The van der Waals surface area contributed by atoms with Crippen molar-refractivity contribution < 1.29 is 43.5 Å². The molecule has 0 spiro atoms. The maximum Gasteiger partial charge on any atom is 0.326 e. The molecule has 0 aliphatic heterocycles. The zero-order valence-electron chi connectivity index (χ0n) is 30.5. The maximum absolute atomic E-state index is 13.6. The summed E-state index contributed by atoms with van der Waals surface area (Å²) in [5, 5.41) is 21.6. The molecule has 55 heavy (non-hydrogen) atoms. The van der Waals surface area contributed by atoms with Crippen molar-refractivity contribution in [1.82, 2.24) is 26.6 Å². The van der Waals surface area contributed by atoms with Gasteiger partial charge in [0.2, 0.25) is 41.4 Å². The van der Waals surface area contributed by atoms with Crippen LogP contribution < -0.4 is 72.5 Å². The Morgan fingerprint density at radius 2 is 0.945 bits per heavy atom. The molecule has 6 atom stereocenters. The molecule has 0 aromatic heterocycles. The second-order valence-electron chi connectivity index (χ2n) is 12.3. The molecule has 22 N–H and O–H groups in total. The second kappa shape index (κ2) is 27.2. The number of nitrogens with two attached hydrogens (primary N) is 8.